The van der Waals surface area contributed by atoms with Crippen molar-refractivity contribution in [2.75, 3.05) is 6.54 Å². The number of rotatable bonds is 2. The molecule has 1 heterocycles. The van der Waals surface area contributed by atoms with Crippen LogP contribution in [-0.2, 0) is 0 Å². The van der Waals surface area contributed by atoms with Crippen molar-refractivity contribution < 1.29 is 0 Å². The average Bonchev–Trinajstić information content (AvgIpc) is 2.31. The summed E-state index contributed by atoms with van der Waals surface area (Å²) in [5, 5.41) is 2.34. The molecule has 0 aliphatic carbocycles. The van der Waals surface area contributed by atoms with Crippen molar-refractivity contribution >= 4 is 0 Å². The van der Waals surface area contributed by atoms with Crippen LogP contribution >= 0.6 is 0 Å². The van der Waals surface area contributed by atoms with Crippen molar-refractivity contribution in [3.63, 3.8) is 0 Å². The fourth-order valence-corrected chi connectivity index (χ4v) is 1.71. The average molecular weight is 156 g/mol. The molecule has 1 N–H and O–H groups in total. The number of nitrogens with zero attached hydrogens (tertiary/aromatic N) is 1. The van der Waals surface area contributed by atoms with Crippen LogP contribution < -0.4 is 5.43 Å². The third-order valence-electron chi connectivity index (χ3n) is 2.60. The molecular formula is C9H20N2. The molecule has 2 heteroatoms. The monoisotopic (exact) mass is 156 g/mol. The van der Waals surface area contributed by atoms with Crippen LogP contribution in [0.25, 0.3) is 0 Å². The maximum absolute atomic E-state index is 3.52. The molecule has 2 unspecified atom stereocenters. The van der Waals surface area contributed by atoms with E-state index in [0.717, 1.165) is 12.5 Å². The summed E-state index contributed by atoms with van der Waals surface area (Å²) in [6.45, 7) is 10.2. The highest BCUT2D eigenvalue weighted by molar-refractivity contribution is 4.82. The van der Waals surface area contributed by atoms with E-state index >= 15 is 0 Å². The summed E-state index contributed by atoms with van der Waals surface area (Å²) in [4.78, 5) is 0. The van der Waals surface area contributed by atoms with Crippen molar-refractivity contribution in [1.82, 2.24) is 10.4 Å². The van der Waals surface area contributed by atoms with Gasteiger partial charge in [0.2, 0.25) is 0 Å². The van der Waals surface area contributed by atoms with E-state index in [9.17, 15) is 0 Å². The maximum atomic E-state index is 3.52. The molecule has 0 aromatic rings. The van der Waals surface area contributed by atoms with Crippen molar-refractivity contribution in [3.8, 4) is 0 Å². The summed E-state index contributed by atoms with van der Waals surface area (Å²) < 4.78 is 0. The molecular weight excluding hydrogens is 136 g/mol. The summed E-state index contributed by atoms with van der Waals surface area (Å²) >= 11 is 0. The first kappa shape index (κ1) is 9.01. The minimum Gasteiger partial charge on any atom is -0.252 e. The van der Waals surface area contributed by atoms with Gasteiger partial charge in [0, 0.05) is 18.6 Å². The van der Waals surface area contributed by atoms with E-state index in [1.807, 2.05) is 0 Å². The van der Waals surface area contributed by atoms with Crippen LogP contribution in [0, 0.1) is 5.92 Å². The van der Waals surface area contributed by atoms with Gasteiger partial charge in [-0.05, 0) is 19.3 Å². The molecule has 1 aliphatic heterocycles. The Morgan fingerprint density at radius 2 is 2.18 bits per heavy atom. The zero-order valence-electron chi connectivity index (χ0n) is 8.09. The molecule has 0 aromatic heterocycles. The molecule has 2 nitrogen and oxygen atoms in total. The third-order valence-corrected chi connectivity index (χ3v) is 2.60. The first-order valence-electron chi connectivity index (χ1n) is 4.68. The van der Waals surface area contributed by atoms with Gasteiger partial charge in [-0.2, -0.15) is 0 Å². The number of hydrazine groups is 1. The number of nitrogens with one attached hydrogen (secondary N) is 1. The molecule has 0 spiro atoms. The Hall–Kier alpha value is -0.0800. The van der Waals surface area contributed by atoms with Crippen LogP contribution in [-0.4, -0.2) is 23.6 Å². The Morgan fingerprint density at radius 3 is 2.45 bits per heavy atom. The summed E-state index contributed by atoms with van der Waals surface area (Å²) in [5.74, 6) is 0.758. The van der Waals surface area contributed by atoms with Gasteiger partial charge in [0.1, 0.15) is 0 Å². The van der Waals surface area contributed by atoms with Crippen molar-refractivity contribution in [2.45, 2.75) is 46.2 Å². The van der Waals surface area contributed by atoms with E-state index in [1.54, 1.807) is 0 Å². The number of hydrogen-bond acceptors (Lipinski definition) is 2. The van der Waals surface area contributed by atoms with Crippen molar-refractivity contribution in [2.24, 2.45) is 5.92 Å². The normalized spacial score (nSPS) is 33.5. The molecule has 66 valence electrons. The Kier molecular flexibility index (Phi) is 2.90. The molecule has 1 fully saturated rings. The van der Waals surface area contributed by atoms with Gasteiger partial charge in [-0.3, -0.25) is 5.43 Å². The lowest BCUT2D eigenvalue weighted by Gasteiger charge is -2.20. The SMILES string of the molecule is CCN1NC(C(C)C)CC1C. The lowest BCUT2D eigenvalue weighted by Crippen LogP contribution is -2.39. The molecule has 0 aromatic carbocycles. The third kappa shape index (κ3) is 1.94. The molecule has 1 aliphatic rings. The zero-order valence-corrected chi connectivity index (χ0v) is 8.09. The van der Waals surface area contributed by atoms with Gasteiger partial charge in [-0.15, -0.1) is 0 Å². The van der Waals surface area contributed by atoms with E-state index in [0.29, 0.717) is 12.1 Å². The molecule has 2 atom stereocenters. The molecule has 11 heavy (non-hydrogen) atoms. The van der Waals surface area contributed by atoms with Crippen LogP contribution in [0.15, 0.2) is 0 Å². The first-order valence-corrected chi connectivity index (χ1v) is 4.68. The predicted molar refractivity (Wildman–Crippen MR) is 48.2 cm³/mol. The van der Waals surface area contributed by atoms with Gasteiger partial charge < -0.3 is 0 Å². The molecule has 0 amide bonds. The lowest BCUT2D eigenvalue weighted by molar-refractivity contribution is 0.191. The minimum absolute atomic E-state index is 0.699. The summed E-state index contributed by atoms with van der Waals surface area (Å²) in [6.07, 6.45) is 1.30. The lowest BCUT2D eigenvalue weighted by atomic mass is 10.0. The Balaban J connectivity index is 2.43. The Morgan fingerprint density at radius 1 is 1.55 bits per heavy atom. The van der Waals surface area contributed by atoms with Gasteiger partial charge >= 0.3 is 0 Å². The maximum Gasteiger partial charge on any atom is 0.0253 e. The molecule has 0 radical (unpaired) electrons. The highest BCUT2D eigenvalue weighted by Crippen LogP contribution is 2.18. The highest BCUT2D eigenvalue weighted by atomic mass is 15.5. The highest BCUT2D eigenvalue weighted by Gasteiger charge is 2.28. The van der Waals surface area contributed by atoms with Crippen LogP contribution in [0.4, 0.5) is 0 Å². The molecule has 1 rings (SSSR count). The van der Waals surface area contributed by atoms with Gasteiger partial charge in [-0.25, -0.2) is 5.01 Å². The van der Waals surface area contributed by atoms with Gasteiger partial charge in [0.15, 0.2) is 0 Å². The second kappa shape index (κ2) is 3.55. The van der Waals surface area contributed by atoms with Crippen molar-refractivity contribution in [3.05, 3.63) is 0 Å². The van der Waals surface area contributed by atoms with Gasteiger partial charge in [0.25, 0.3) is 0 Å². The summed E-state index contributed by atoms with van der Waals surface area (Å²) in [5.41, 5.74) is 3.52. The smallest absolute Gasteiger partial charge is 0.0253 e. The Bertz CT molecular complexity index is 123. The zero-order chi connectivity index (χ0) is 8.43. The van der Waals surface area contributed by atoms with Gasteiger partial charge in [0.05, 0.1) is 0 Å². The second-order valence-electron chi connectivity index (χ2n) is 3.85. The van der Waals surface area contributed by atoms with Crippen LogP contribution in [0.2, 0.25) is 0 Å². The van der Waals surface area contributed by atoms with E-state index in [-0.39, 0.29) is 0 Å². The first-order chi connectivity index (χ1) is 5.15. The molecule has 0 saturated carbocycles. The predicted octanol–water partition coefficient (Wildman–Crippen LogP) is 1.63. The van der Waals surface area contributed by atoms with Crippen LogP contribution in [0.1, 0.15) is 34.1 Å². The van der Waals surface area contributed by atoms with Crippen molar-refractivity contribution in [1.29, 1.82) is 0 Å². The Labute approximate surface area is 69.9 Å². The second-order valence-corrected chi connectivity index (χ2v) is 3.85. The van der Waals surface area contributed by atoms with Crippen LogP contribution in [0.5, 0.6) is 0 Å². The van der Waals surface area contributed by atoms with E-state index in [2.05, 4.69) is 38.1 Å². The van der Waals surface area contributed by atoms with E-state index in [1.165, 1.54) is 6.42 Å². The summed E-state index contributed by atoms with van der Waals surface area (Å²) in [6, 6.07) is 1.41. The minimum atomic E-state index is 0.699. The van der Waals surface area contributed by atoms with Gasteiger partial charge in [-0.1, -0.05) is 20.8 Å². The quantitative estimate of drug-likeness (QED) is 0.653. The summed E-state index contributed by atoms with van der Waals surface area (Å²) in [7, 11) is 0. The fraction of sp³-hybridized carbons (Fsp3) is 1.00. The topological polar surface area (TPSA) is 15.3 Å². The van der Waals surface area contributed by atoms with E-state index in [4.69, 9.17) is 0 Å². The largest absolute Gasteiger partial charge is 0.252 e. The fourth-order valence-electron chi connectivity index (χ4n) is 1.71. The standard InChI is InChI=1S/C9H20N2/c1-5-11-8(4)6-9(10-11)7(2)3/h7-10H,5-6H2,1-4H3. The van der Waals surface area contributed by atoms with E-state index < -0.39 is 0 Å². The molecule has 1 saturated heterocycles. The molecule has 0 bridgehead atoms. The number of hydrogen-bond donors (Lipinski definition) is 1. The van der Waals surface area contributed by atoms with Crippen LogP contribution in [0.3, 0.4) is 0 Å².